The molecule has 0 N–H and O–H groups in total. The Morgan fingerprint density at radius 3 is 2.22 bits per heavy atom. The van der Waals surface area contributed by atoms with Gasteiger partial charge in [-0.15, -0.1) is 0 Å². The zero-order valence-corrected chi connectivity index (χ0v) is 12.1. The van der Waals surface area contributed by atoms with E-state index in [-0.39, 0.29) is 11.4 Å². The summed E-state index contributed by atoms with van der Waals surface area (Å²) in [6.45, 7) is 7.66. The van der Waals surface area contributed by atoms with Gasteiger partial charge < -0.3 is 4.74 Å². The van der Waals surface area contributed by atoms with Crippen LogP contribution >= 0.6 is 0 Å². The van der Waals surface area contributed by atoms with E-state index in [1.807, 2.05) is 0 Å². The number of carbonyl (C=O) groups excluding carboxylic acids is 2. The SMILES string of the molecule is COC(=O)/C(=C/C[C@H](C)CCC=C(C)C)C(C)=O. The van der Waals surface area contributed by atoms with E-state index in [0.29, 0.717) is 5.92 Å². The lowest BCUT2D eigenvalue weighted by Gasteiger charge is -2.08. The van der Waals surface area contributed by atoms with Crippen LogP contribution in [0.3, 0.4) is 0 Å². The maximum Gasteiger partial charge on any atom is 0.341 e. The van der Waals surface area contributed by atoms with Crippen LogP contribution < -0.4 is 0 Å². The van der Waals surface area contributed by atoms with Crippen molar-refractivity contribution in [2.75, 3.05) is 7.11 Å². The van der Waals surface area contributed by atoms with E-state index in [9.17, 15) is 9.59 Å². The van der Waals surface area contributed by atoms with Crippen LogP contribution in [0.1, 0.15) is 47.0 Å². The molecule has 0 aromatic rings. The van der Waals surface area contributed by atoms with Crippen LogP contribution in [0.15, 0.2) is 23.3 Å². The Morgan fingerprint density at radius 2 is 1.78 bits per heavy atom. The van der Waals surface area contributed by atoms with Crippen molar-refractivity contribution in [1.29, 1.82) is 0 Å². The Morgan fingerprint density at radius 1 is 1.17 bits per heavy atom. The normalized spacial score (nSPS) is 12.8. The van der Waals surface area contributed by atoms with Crippen LogP contribution in [0.2, 0.25) is 0 Å². The average Bonchev–Trinajstić information content (AvgIpc) is 2.27. The van der Waals surface area contributed by atoms with Crippen LogP contribution in [-0.4, -0.2) is 18.9 Å². The largest absolute Gasteiger partial charge is 0.465 e. The second-order valence-corrected chi connectivity index (χ2v) is 4.87. The summed E-state index contributed by atoms with van der Waals surface area (Å²) in [5, 5.41) is 0. The van der Waals surface area contributed by atoms with Crippen LogP contribution in [0.25, 0.3) is 0 Å². The molecule has 0 aromatic carbocycles. The highest BCUT2D eigenvalue weighted by Gasteiger charge is 2.14. The molecule has 0 amide bonds. The molecule has 0 aliphatic heterocycles. The van der Waals surface area contributed by atoms with Crippen LogP contribution in [-0.2, 0) is 14.3 Å². The highest BCUT2D eigenvalue weighted by molar-refractivity contribution is 6.16. The molecule has 3 heteroatoms. The van der Waals surface area contributed by atoms with Gasteiger partial charge in [-0.05, 0) is 46.0 Å². The molecule has 0 spiro atoms. The lowest BCUT2D eigenvalue weighted by molar-refractivity contribution is -0.137. The van der Waals surface area contributed by atoms with Crippen molar-refractivity contribution < 1.29 is 14.3 Å². The van der Waals surface area contributed by atoms with Crippen LogP contribution in [0, 0.1) is 5.92 Å². The minimum atomic E-state index is -0.543. The first kappa shape index (κ1) is 16.6. The first-order chi connectivity index (χ1) is 8.38. The highest BCUT2D eigenvalue weighted by Crippen LogP contribution is 2.14. The van der Waals surface area contributed by atoms with Gasteiger partial charge >= 0.3 is 5.97 Å². The van der Waals surface area contributed by atoms with E-state index in [2.05, 4.69) is 31.6 Å². The second kappa shape index (κ2) is 8.67. The fourth-order valence-electron chi connectivity index (χ4n) is 1.57. The van der Waals surface area contributed by atoms with E-state index in [4.69, 9.17) is 0 Å². The van der Waals surface area contributed by atoms with Crippen molar-refractivity contribution in [3.8, 4) is 0 Å². The number of rotatable bonds is 7. The van der Waals surface area contributed by atoms with Gasteiger partial charge in [0.2, 0.25) is 0 Å². The summed E-state index contributed by atoms with van der Waals surface area (Å²) < 4.78 is 4.58. The molecule has 0 aliphatic rings. The molecule has 0 radical (unpaired) electrons. The number of ketones is 1. The van der Waals surface area contributed by atoms with Crippen LogP contribution in [0.4, 0.5) is 0 Å². The van der Waals surface area contributed by atoms with Crippen molar-refractivity contribution >= 4 is 11.8 Å². The number of ether oxygens (including phenoxy) is 1. The standard InChI is InChI=1S/C15H24O3/c1-11(2)7-6-8-12(3)9-10-14(13(4)16)15(17)18-5/h7,10,12H,6,8-9H2,1-5H3/b14-10+/t12-/m1/s1. The summed E-state index contributed by atoms with van der Waals surface area (Å²) in [4.78, 5) is 22.6. The van der Waals surface area contributed by atoms with Gasteiger partial charge in [0.25, 0.3) is 0 Å². The Balaban J connectivity index is 4.36. The van der Waals surface area contributed by atoms with E-state index in [1.54, 1.807) is 6.08 Å². The van der Waals surface area contributed by atoms with Crippen molar-refractivity contribution in [3.05, 3.63) is 23.3 Å². The van der Waals surface area contributed by atoms with Gasteiger partial charge in [0.15, 0.2) is 5.78 Å². The monoisotopic (exact) mass is 252 g/mol. The Hall–Kier alpha value is -1.38. The minimum absolute atomic E-state index is 0.159. The molecule has 102 valence electrons. The lowest BCUT2D eigenvalue weighted by Crippen LogP contribution is -2.12. The fraction of sp³-hybridized carbons (Fsp3) is 0.600. The molecule has 0 heterocycles. The van der Waals surface area contributed by atoms with Gasteiger partial charge in [0, 0.05) is 0 Å². The Kier molecular flexibility index (Phi) is 8.01. The molecule has 0 unspecified atom stereocenters. The fourth-order valence-corrected chi connectivity index (χ4v) is 1.57. The predicted octanol–water partition coefficient (Wildman–Crippen LogP) is 3.45. The number of methoxy groups -OCH3 is 1. The second-order valence-electron chi connectivity index (χ2n) is 4.87. The summed E-state index contributed by atoms with van der Waals surface area (Å²) in [5.41, 5.74) is 1.48. The van der Waals surface area contributed by atoms with E-state index in [0.717, 1.165) is 19.3 Å². The van der Waals surface area contributed by atoms with Gasteiger partial charge in [0.05, 0.1) is 12.7 Å². The van der Waals surface area contributed by atoms with E-state index < -0.39 is 5.97 Å². The number of allylic oxidation sites excluding steroid dienone is 3. The zero-order valence-electron chi connectivity index (χ0n) is 12.1. The zero-order chi connectivity index (χ0) is 14.1. The number of hydrogen-bond donors (Lipinski definition) is 0. The molecule has 0 saturated heterocycles. The summed E-state index contributed by atoms with van der Waals surface area (Å²) in [7, 11) is 1.29. The molecule has 0 aromatic heterocycles. The number of Topliss-reactive ketones (excluding diaryl/α,β-unsaturated/α-hetero) is 1. The summed E-state index contributed by atoms with van der Waals surface area (Å²) in [6.07, 6.45) is 6.70. The van der Waals surface area contributed by atoms with Crippen molar-refractivity contribution in [2.24, 2.45) is 5.92 Å². The Labute approximate surface area is 110 Å². The lowest BCUT2D eigenvalue weighted by atomic mass is 9.98. The molecule has 0 bridgehead atoms. The first-order valence-corrected chi connectivity index (χ1v) is 6.31. The smallest absolute Gasteiger partial charge is 0.341 e. The van der Waals surface area contributed by atoms with E-state index in [1.165, 1.54) is 19.6 Å². The Bertz CT molecular complexity index is 347. The van der Waals surface area contributed by atoms with Crippen molar-refractivity contribution in [2.45, 2.75) is 47.0 Å². The highest BCUT2D eigenvalue weighted by atomic mass is 16.5. The van der Waals surface area contributed by atoms with Gasteiger partial charge in [0.1, 0.15) is 0 Å². The van der Waals surface area contributed by atoms with Gasteiger partial charge in [-0.25, -0.2) is 4.79 Å². The molecule has 0 saturated carbocycles. The molecule has 0 fully saturated rings. The predicted molar refractivity (Wildman–Crippen MR) is 73.2 cm³/mol. The quantitative estimate of drug-likeness (QED) is 0.229. The van der Waals surface area contributed by atoms with Gasteiger partial charge in [-0.1, -0.05) is 24.6 Å². The molecule has 18 heavy (non-hydrogen) atoms. The third-order valence-electron chi connectivity index (χ3n) is 2.72. The number of hydrogen-bond acceptors (Lipinski definition) is 3. The molecule has 0 aliphatic carbocycles. The third kappa shape index (κ3) is 7.05. The molecular weight excluding hydrogens is 228 g/mol. The summed E-state index contributed by atoms with van der Waals surface area (Å²) >= 11 is 0. The minimum Gasteiger partial charge on any atom is -0.465 e. The van der Waals surface area contributed by atoms with Crippen LogP contribution in [0.5, 0.6) is 0 Å². The van der Waals surface area contributed by atoms with Crippen molar-refractivity contribution in [1.82, 2.24) is 0 Å². The van der Waals surface area contributed by atoms with E-state index >= 15 is 0 Å². The maximum absolute atomic E-state index is 11.3. The maximum atomic E-state index is 11.3. The molecular formula is C15H24O3. The van der Waals surface area contributed by atoms with Crippen molar-refractivity contribution in [3.63, 3.8) is 0 Å². The summed E-state index contributed by atoms with van der Waals surface area (Å²) in [6, 6.07) is 0. The van der Waals surface area contributed by atoms with Gasteiger partial charge in [-0.3, -0.25) is 4.79 Å². The average molecular weight is 252 g/mol. The number of esters is 1. The molecule has 1 atom stereocenters. The molecule has 0 rings (SSSR count). The van der Waals surface area contributed by atoms with Gasteiger partial charge in [-0.2, -0.15) is 0 Å². The topological polar surface area (TPSA) is 43.4 Å². The first-order valence-electron chi connectivity index (χ1n) is 6.31. The number of carbonyl (C=O) groups is 2. The summed E-state index contributed by atoms with van der Waals surface area (Å²) in [5.74, 6) is -0.336. The third-order valence-corrected chi connectivity index (χ3v) is 2.72. The molecule has 3 nitrogen and oxygen atoms in total.